The molecule has 0 bridgehead atoms. The number of aromatic nitrogens is 3. The van der Waals surface area contributed by atoms with Gasteiger partial charge in [-0.1, -0.05) is 53.8 Å². The Kier molecular flexibility index (Phi) is 6.28. The molecule has 1 aliphatic heterocycles. The zero-order chi connectivity index (χ0) is 22.6. The molecule has 0 saturated carbocycles. The summed E-state index contributed by atoms with van der Waals surface area (Å²) in [5, 5.41) is 0.754. The van der Waals surface area contributed by atoms with E-state index in [-0.39, 0.29) is 5.91 Å². The number of piperazine rings is 1. The van der Waals surface area contributed by atoms with Gasteiger partial charge in [-0.05, 0) is 30.2 Å². The smallest absolute Gasteiger partial charge is 0.243 e. The van der Waals surface area contributed by atoms with Gasteiger partial charge in [-0.15, -0.1) is 0 Å². The minimum absolute atomic E-state index is 0.0694. The molecule has 33 heavy (non-hydrogen) atoms. The average molecular weight is 459 g/mol. The summed E-state index contributed by atoms with van der Waals surface area (Å²) in [7, 11) is 0. The quantitative estimate of drug-likeness (QED) is 0.439. The van der Waals surface area contributed by atoms with E-state index in [0.717, 1.165) is 58.6 Å². The second-order valence-electron chi connectivity index (χ2n) is 8.20. The Morgan fingerprint density at radius 1 is 0.970 bits per heavy atom. The Morgan fingerprint density at radius 2 is 1.73 bits per heavy atom. The molecule has 1 fully saturated rings. The van der Waals surface area contributed by atoms with Gasteiger partial charge in [0, 0.05) is 38.6 Å². The molecule has 0 radical (unpaired) electrons. The van der Waals surface area contributed by atoms with E-state index in [9.17, 15) is 4.79 Å². The summed E-state index contributed by atoms with van der Waals surface area (Å²) in [5.74, 6) is 0.819. The third-order valence-electron chi connectivity index (χ3n) is 5.89. The van der Waals surface area contributed by atoms with Crippen LogP contribution in [-0.4, -0.2) is 58.5 Å². The zero-order valence-electron chi connectivity index (χ0n) is 18.6. The second kappa shape index (κ2) is 9.64. The lowest BCUT2D eigenvalue weighted by Crippen LogP contribution is -2.50. The number of fused-ring (bicyclic) bond motifs is 1. The number of carbonyl (C=O) groups excluding carboxylic acids is 1. The molecule has 1 aliphatic rings. The molecule has 5 rings (SSSR count). The predicted octanol–water partition coefficient (Wildman–Crippen LogP) is 3.75. The molecule has 1 amide bonds. The van der Waals surface area contributed by atoms with Gasteiger partial charge in [0.05, 0.1) is 23.3 Å². The largest absolute Gasteiger partial charge is 0.338 e. The number of hydrogen-bond acceptors (Lipinski definition) is 7. The van der Waals surface area contributed by atoms with Crippen molar-refractivity contribution in [1.29, 1.82) is 0 Å². The van der Waals surface area contributed by atoms with Crippen LogP contribution in [-0.2, 0) is 11.3 Å². The summed E-state index contributed by atoms with van der Waals surface area (Å²) in [4.78, 5) is 33.3. The standard InChI is InChI=1S/C25H26N6OS/c1-19-7-5-10-21-23(19)28-25(33-21)31(17-20-8-3-2-4-9-20)22(32)18-29-13-15-30(16-14-29)24-26-11-6-12-27-24/h2-12H,13-18H2,1H3. The van der Waals surface area contributed by atoms with Gasteiger partial charge in [-0.25, -0.2) is 15.0 Å². The number of nitrogens with zero attached hydrogens (tertiary/aromatic N) is 6. The minimum atomic E-state index is 0.0694. The number of rotatable bonds is 6. The predicted molar refractivity (Wildman–Crippen MR) is 133 cm³/mol. The van der Waals surface area contributed by atoms with Crippen LogP contribution in [0.1, 0.15) is 11.1 Å². The maximum absolute atomic E-state index is 13.5. The molecule has 4 aromatic rings. The molecular weight excluding hydrogens is 432 g/mol. The first-order valence-corrected chi connectivity index (χ1v) is 11.9. The third-order valence-corrected chi connectivity index (χ3v) is 6.93. The van der Waals surface area contributed by atoms with Crippen molar-refractivity contribution in [2.24, 2.45) is 0 Å². The maximum atomic E-state index is 13.5. The first kappa shape index (κ1) is 21.5. The van der Waals surface area contributed by atoms with Crippen molar-refractivity contribution in [3.05, 3.63) is 78.1 Å². The summed E-state index contributed by atoms with van der Waals surface area (Å²) in [6, 6.07) is 18.1. The van der Waals surface area contributed by atoms with Crippen LogP contribution in [0.5, 0.6) is 0 Å². The lowest BCUT2D eigenvalue weighted by molar-refractivity contribution is -0.120. The fourth-order valence-corrected chi connectivity index (χ4v) is 5.12. The summed E-state index contributed by atoms with van der Waals surface area (Å²) in [5.41, 5.74) is 3.19. The normalized spacial score (nSPS) is 14.5. The Balaban J connectivity index is 1.33. The van der Waals surface area contributed by atoms with E-state index in [0.29, 0.717) is 13.1 Å². The number of benzene rings is 2. The third kappa shape index (κ3) is 4.86. The monoisotopic (exact) mass is 458 g/mol. The van der Waals surface area contributed by atoms with Crippen LogP contribution in [0.3, 0.4) is 0 Å². The molecular formula is C25H26N6OS. The number of para-hydroxylation sites is 1. The van der Waals surface area contributed by atoms with E-state index >= 15 is 0 Å². The Bertz CT molecular complexity index is 1220. The van der Waals surface area contributed by atoms with Crippen LogP contribution in [0.4, 0.5) is 11.1 Å². The van der Waals surface area contributed by atoms with Crippen molar-refractivity contribution >= 4 is 38.5 Å². The van der Waals surface area contributed by atoms with Crippen LogP contribution in [0, 0.1) is 6.92 Å². The van der Waals surface area contributed by atoms with Crippen LogP contribution >= 0.6 is 11.3 Å². The van der Waals surface area contributed by atoms with Crippen LogP contribution in [0.25, 0.3) is 10.2 Å². The highest BCUT2D eigenvalue weighted by atomic mass is 32.1. The Morgan fingerprint density at radius 3 is 2.45 bits per heavy atom. The molecule has 3 heterocycles. The van der Waals surface area contributed by atoms with E-state index in [4.69, 9.17) is 4.98 Å². The highest BCUT2D eigenvalue weighted by Crippen LogP contribution is 2.31. The van der Waals surface area contributed by atoms with Gasteiger partial charge >= 0.3 is 0 Å². The van der Waals surface area contributed by atoms with Crippen molar-refractivity contribution in [3.63, 3.8) is 0 Å². The lowest BCUT2D eigenvalue weighted by atomic mass is 10.2. The topological polar surface area (TPSA) is 65.5 Å². The number of aryl methyl sites for hydroxylation is 1. The van der Waals surface area contributed by atoms with Gasteiger partial charge in [-0.2, -0.15) is 0 Å². The molecule has 7 nitrogen and oxygen atoms in total. The van der Waals surface area contributed by atoms with E-state index in [1.165, 1.54) is 0 Å². The van der Waals surface area contributed by atoms with Gasteiger partial charge in [0.2, 0.25) is 11.9 Å². The summed E-state index contributed by atoms with van der Waals surface area (Å²) in [6.07, 6.45) is 3.53. The van der Waals surface area contributed by atoms with Crippen molar-refractivity contribution in [3.8, 4) is 0 Å². The fourth-order valence-electron chi connectivity index (χ4n) is 4.06. The van der Waals surface area contributed by atoms with Crippen LogP contribution in [0.15, 0.2) is 67.0 Å². The first-order valence-electron chi connectivity index (χ1n) is 11.1. The molecule has 2 aromatic heterocycles. The molecule has 8 heteroatoms. The molecule has 0 aliphatic carbocycles. The molecule has 0 unspecified atom stereocenters. The number of anilines is 2. The summed E-state index contributed by atoms with van der Waals surface area (Å²) in [6.45, 7) is 6.13. The maximum Gasteiger partial charge on any atom is 0.243 e. The Labute approximate surface area is 197 Å². The number of thiazole rings is 1. The molecule has 168 valence electrons. The zero-order valence-corrected chi connectivity index (χ0v) is 19.4. The Hall–Kier alpha value is -3.36. The van der Waals surface area contributed by atoms with Crippen molar-refractivity contribution in [2.75, 3.05) is 42.5 Å². The number of amides is 1. The van der Waals surface area contributed by atoms with Crippen molar-refractivity contribution in [1.82, 2.24) is 19.9 Å². The first-order chi connectivity index (χ1) is 16.2. The lowest BCUT2D eigenvalue weighted by Gasteiger charge is -2.35. The number of hydrogen-bond donors (Lipinski definition) is 0. The average Bonchev–Trinajstić information content (AvgIpc) is 3.29. The van der Waals surface area contributed by atoms with Gasteiger partial charge in [0.25, 0.3) is 0 Å². The number of carbonyl (C=O) groups is 1. The second-order valence-corrected chi connectivity index (χ2v) is 9.20. The molecule has 2 aromatic carbocycles. The SMILES string of the molecule is Cc1cccc2sc(N(Cc3ccccc3)C(=O)CN3CCN(c4ncccn4)CC3)nc12. The van der Waals surface area contributed by atoms with Crippen LogP contribution < -0.4 is 9.80 Å². The van der Waals surface area contributed by atoms with E-state index in [2.05, 4.69) is 51.0 Å². The van der Waals surface area contributed by atoms with Gasteiger partial charge in [-0.3, -0.25) is 14.6 Å². The van der Waals surface area contributed by atoms with E-state index in [1.54, 1.807) is 23.7 Å². The van der Waals surface area contributed by atoms with Gasteiger partial charge in [0.15, 0.2) is 5.13 Å². The van der Waals surface area contributed by atoms with Gasteiger partial charge in [0.1, 0.15) is 0 Å². The van der Waals surface area contributed by atoms with Crippen LogP contribution in [0.2, 0.25) is 0 Å². The van der Waals surface area contributed by atoms with Gasteiger partial charge < -0.3 is 4.90 Å². The van der Waals surface area contributed by atoms with Crippen molar-refractivity contribution in [2.45, 2.75) is 13.5 Å². The molecule has 0 N–H and O–H groups in total. The fraction of sp³-hybridized carbons (Fsp3) is 0.280. The highest BCUT2D eigenvalue weighted by molar-refractivity contribution is 7.22. The molecule has 0 atom stereocenters. The minimum Gasteiger partial charge on any atom is -0.338 e. The van der Waals surface area contributed by atoms with E-state index in [1.807, 2.05) is 35.2 Å². The highest BCUT2D eigenvalue weighted by Gasteiger charge is 2.25. The summed E-state index contributed by atoms with van der Waals surface area (Å²) >= 11 is 1.58. The molecule has 1 saturated heterocycles. The van der Waals surface area contributed by atoms with Crippen molar-refractivity contribution < 1.29 is 4.79 Å². The molecule has 0 spiro atoms. The summed E-state index contributed by atoms with van der Waals surface area (Å²) < 4.78 is 1.10. The van der Waals surface area contributed by atoms with E-state index < -0.39 is 0 Å².